The fraction of sp³-hybridized carbons (Fsp3) is 0.545. The largest absolute Gasteiger partial charge is 0.478 e. The molecular formula is C11H16N2O3S. The van der Waals surface area contributed by atoms with Crippen molar-refractivity contribution in [3.63, 3.8) is 0 Å². The molecule has 1 amide bonds. The fourth-order valence-electron chi connectivity index (χ4n) is 1.43. The number of amides is 1. The maximum Gasteiger partial charge on any atom is 0.340 e. The van der Waals surface area contributed by atoms with Crippen molar-refractivity contribution in [2.24, 2.45) is 5.41 Å². The lowest BCUT2D eigenvalue weighted by Gasteiger charge is -2.24. The molecule has 0 radical (unpaired) electrons. The normalized spacial score (nSPS) is 11.4. The molecule has 0 aliphatic heterocycles. The Labute approximate surface area is 104 Å². The van der Waals surface area contributed by atoms with Gasteiger partial charge >= 0.3 is 5.97 Å². The highest BCUT2D eigenvalue weighted by molar-refractivity contribution is 7.11. The van der Waals surface area contributed by atoms with Gasteiger partial charge in [0.2, 0.25) is 5.91 Å². The first-order valence-corrected chi connectivity index (χ1v) is 5.91. The predicted molar refractivity (Wildman–Crippen MR) is 66.7 cm³/mol. The molecule has 0 atom stereocenters. The van der Waals surface area contributed by atoms with Crippen LogP contribution >= 0.6 is 11.5 Å². The van der Waals surface area contributed by atoms with Gasteiger partial charge in [-0.1, -0.05) is 20.8 Å². The molecule has 0 spiro atoms. The fourth-order valence-corrected chi connectivity index (χ4v) is 2.27. The number of hydrogen-bond donors (Lipinski definition) is 1. The Morgan fingerprint density at radius 2 is 1.88 bits per heavy atom. The lowest BCUT2D eigenvalue weighted by atomic mass is 9.95. The zero-order chi connectivity index (χ0) is 13.4. The number of aromatic carboxylic acids is 1. The molecule has 0 bridgehead atoms. The highest BCUT2D eigenvalue weighted by atomic mass is 32.1. The highest BCUT2D eigenvalue weighted by Crippen LogP contribution is 2.30. The van der Waals surface area contributed by atoms with Gasteiger partial charge in [0.15, 0.2) is 0 Å². The van der Waals surface area contributed by atoms with E-state index in [0.29, 0.717) is 10.7 Å². The molecule has 6 heteroatoms. The van der Waals surface area contributed by atoms with Crippen molar-refractivity contribution in [2.45, 2.75) is 27.7 Å². The minimum Gasteiger partial charge on any atom is -0.478 e. The van der Waals surface area contributed by atoms with E-state index in [0.717, 1.165) is 11.5 Å². The molecule has 0 aromatic carbocycles. The molecule has 1 heterocycles. The summed E-state index contributed by atoms with van der Waals surface area (Å²) >= 11 is 1.03. The molecule has 0 unspecified atom stereocenters. The lowest BCUT2D eigenvalue weighted by Crippen LogP contribution is -2.36. The van der Waals surface area contributed by atoms with Crippen LogP contribution in [0.25, 0.3) is 0 Å². The Hall–Kier alpha value is -1.43. The molecule has 0 aliphatic rings. The van der Waals surface area contributed by atoms with Gasteiger partial charge in [-0.05, 0) is 18.5 Å². The van der Waals surface area contributed by atoms with E-state index >= 15 is 0 Å². The minimum atomic E-state index is -1.06. The zero-order valence-corrected chi connectivity index (χ0v) is 11.4. The van der Waals surface area contributed by atoms with Crippen molar-refractivity contribution < 1.29 is 14.7 Å². The number of hydrogen-bond acceptors (Lipinski definition) is 4. The van der Waals surface area contributed by atoms with Crippen LogP contribution < -0.4 is 4.90 Å². The number of carboxylic acid groups (broad SMARTS) is 1. The van der Waals surface area contributed by atoms with Gasteiger partial charge < -0.3 is 10.0 Å². The lowest BCUT2D eigenvalue weighted by molar-refractivity contribution is -0.125. The third kappa shape index (κ3) is 2.63. The van der Waals surface area contributed by atoms with Crippen LogP contribution in [0, 0.1) is 12.3 Å². The number of carboxylic acids is 1. The molecule has 1 N–H and O–H groups in total. The molecule has 0 fully saturated rings. The number of anilines is 1. The standard InChI is InChI=1S/C11H16N2O3S/c1-6-7(9(14)15)8(17-12-6)13(5)10(16)11(2,3)4/h1-5H3,(H,14,15). The Morgan fingerprint density at radius 3 is 2.29 bits per heavy atom. The van der Waals surface area contributed by atoms with Crippen LogP contribution in [0.15, 0.2) is 0 Å². The maximum absolute atomic E-state index is 12.1. The quantitative estimate of drug-likeness (QED) is 0.880. The molecule has 0 aliphatic carbocycles. The smallest absolute Gasteiger partial charge is 0.340 e. The van der Waals surface area contributed by atoms with Gasteiger partial charge in [0.05, 0.1) is 5.69 Å². The van der Waals surface area contributed by atoms with Gasteiger partial charge in [-0.25, -0.2) is 4.79 Å². The summed E-state index contributed by atoms with van der Waals surface area (Å²) in [4.78, 5) is 24.5. The average Bonchev–Trinajstić information content (AvgIpc) is 2.56. The topological polar surface area (TPSA) is 70.5 Å². The number of aromatic nitrogens is 1. The number of aryl methyl sites for hydroxylation is 1. The first-order chi connectivity index (χ1) is 7.66. The van der Waals surface area contributed by atoms with Crippen molar-refractivity contribution in [1.29, 1.82) is 0 Å². The van der Waals surface area contributed by atoms with Crippen LogP contribution in [0.1, 0.15) is 36.8 Å². The van der Waals surface area contributed by atoms with Gasteiger partial charge in [-0.15, -0.1) is 0 Å². The van der Waals surface area contributed by atoms with E-state index < -0.39 is 11.4 Å². The second-order valence-electron chi connectivity index (χ2n) is 4.87. The predicted octanol–water partition coefficient (Wildman–Crippen LogP) is 2.16. The number of carbonyl (C=O) groups is 2. The van der Waals surface area contributed by atoms with Crippen molar-refractivity contribution in [3.05, 3.63) is 11.3 Å². The summed E-state index contributed by atoms with van der Waals surface area (Å²) in [6.45, 7) is 7.00. The Balaban J connectivity index is 3.18. The molecule has 94 valence electrons. The Morgan fingerprint density at radius 1 is 1.35 bits per heavy atom. The third-order valence-corrected chi connectivity index (χ3v) is 3.33. The molecule has 0 saturated heterocycles. The third-order valence-electron chi connectivity index (χ3n) is 2.31. The van der Waals surface area contributed by atoms with E-state index in [1.165, 1.54) is 4.90 Å². The molecule has 5 nitrogen and oxygen atoms in total. The van der Waals surface area contributed by atoms with Crippen molar-refractivity contribution >= 4 is 28.4 Å². The number of carbonyl (C=O) groups excluding carboxylic acids is 1. The summed E-state index contributed by atoms with van der Waals surface area (Å²) in [5.74, 6) is -1.19. The van der Waals surface area contributed by atoms with E-state index in [9.17, 15) is 9.59 Å². The van der Waals surface area contributed by atoms with Crippen LogP contribution in [-0.2, 0) is 4.79 Å². The van der Waals surface area contributed by atoms with E-state index in [4.69, 9.17) is 5.11 Å². The molecule has 1 aromatic rings. The second-order valence-corrected chi connectivity index (χ2v) is 5.62. The van der Waals surface area contributed by atoms with E-state index in [2.05, 4.69) is 4.37 Å². The SMILES string of the molecule is Cc1nsc(N(C)C(=O)C(C)(C)C)c1C(=O)O. The van der Waals surface area contributed by atoms with Crippen molar-refractivity contribution in [1.82, 2.24) is 4.37 Å². The summed E-state index contributed by atoms with van der Waals surface area (Å²) < 4.78 is 3.99. The summed E-state index contributed by atoms with van der Waals surface area (Å²) in [6, 6.07) is 0. The van der Waals surface area contributed by atoms with Crippen molar-refractivity contribution in [2.75, 3.05) is 11.9 Å². The van der Waals surface area contributed by atoms with Crippen LogP contribution in [0.5, 0.6) is 0 Å². The van der Waals surface area contributed by atoms with Crippen LogP contribution in [0.3, 0.4) is 0 Å². The van der Waals surface area contributed by atoms with Gasteiger partial charge in [0.1, 0.15) is 10.6 Å². The second kappa shape index (κ2) is 4.44. The molecule has 17 heavy (non-hydrogen) atoms. The molecule has 1 rings (SSSR count). The van der Waals surface area contributed by atoms with Crippen LogP contribution in [0.2, 0.25) is 0 Å². The highest BCUT2D eigenvalue weighted by Gasteiger charge is 2.30. The monoisotopic (exact) mass is 256 g/mol. The van der Waals surface area contributed by atoms with Gasteiger partial charge in [0, 0.05) is 12.5 Å². The molecule has 0 saturated carbocycles. The summed E-state index contributed by atoms with van der Waals surface area (Å²) in [6.07, 6.45) is 0. The molecular weight excluding hydrogens is 240 g/mol. The van der Waals surface area contributed by atoms with E-state index in [1.807, 2.05) is 0 Å². The van der Waals surface area contributed by atoms with Gasteiger partial charge in [-0.3, -0.25) is 4.79 Å². The number of rotatable bonds is 2. The van der Waals surface area contributed by atoms with Crippen LogP contribution in [0.4, 0.5) is 5.00 Å². The van der Waals surface area contributed by atoms with E-state index in [-0.39, 0.29) is 11.5 Å². The maximum atomic E-state index is 12.1. The van der Waals surface area contributed by atoms with Gasteiger partial charge in [0.25, 0.3) is 0 Å². The Bertz CT molecular complexity index is 460. The Kier molecular flexibility index (Phi) is 3.56. The van der Waals surface area contributed by atoms with Crippen molar-refractivity contribution in [3.8, 4) is 0 Å². The summed E-state index contributed by atoms with van der Waals surface area (Å²) in [5, 5.41) is 9.48. The van der Waals surface area contributed by atoms with E-state index in [1.54, 1.807) is 34.7 Å². The first-order valence-electron chi connectivity index (χ1n) is 5.14. The molecule has 1 aromatic heterocycles. The van der Waals surface area contributed by atoms with Gasteiger partial charge in [-0.2, -0.15) is 4.37 Å². The summed E-state index contributed by atoms with van der Waals surface area (Å²) in [5.41, 5.74) is -0.0104. The van der Waals surface area contributed by atoms with Crippen LogP contribution in [-0.4, -0.2) is 28.4 Å². The number of nitrogens with zero attached hydrogens (tertiary/aromatic N) is 2. The first kappa shape index (κ1) is 13.6. The summed E-state index contributed by atoms with van der Waals surface area (Å²) in [7, 11) is 1.58. The zero-order valence-electron chi connectivity index (χ0n) is 10.6. The average molecular weight is 256 g/mol. The minimum absolute atomic E-state index is 0.107.